The van der Waals surface area contributed by atoms with Crippen molar-refractivity contribution in [3.05, 3.63) is 0 Å². The minimum atomic E-state index is -4.62. The molecule has 12 heavy (non-hydrogen) atoms. The number of halogens is 6. The van der Waals surface area contributed by atoms with Gasteiger partial charge in [0.25, 0.3) is 0 Å². The Morgan fingerprint density at radius 3 is 1.25 bits per heavy atom. The van der Waals surface area contributed by atoms with E-state index in [9.17, 15) is 26.5 Å². The Labute approximate surface area is 66.2 Å². The molecule has 0 aromatic rings. The Morgan fingerprint density at radius 1 is 1.17 bits per heavy atom. The molecule has 0 saturated carbocycles. The molecule has 0 fully saturated rings. The standard InChI is InChI=1S/C2H2F4.C2H5F.CH3FO/c3-1-2(4,5)6;1-2-3;1-3-2/h1H2;2H2,1H3;1H3. The van der Waals surface area contributed by atoms with Crippen LogP contribution in [0.3, 0.4) is 0 Å². The van der Waals surface area contributed by atoms with Gasteiger partial charge in [0.05, 0.1) is 13.8 Å². The van der Waals surface area contributed by atoms with Crippen LogP contribution in [-0.4, -0.2) is 26.6 Å². The fourth-order valence-corrected chi connectivity index (χ4v) is 0. The van der Waals surface area contributed by atoms with Crippen LogP contribution >= 0.6 is 0 Å². The predicted octanol–water partition coefficient (Wildman–Crippen LogP) is 3.01. The molecule has 0 heterocycles. The first kappa shape index (κ1) is 17.6. The summed E-state index contributed by atoms with van der Waals surface area (Å²) in [6, 6.07) is 0. The first-order chi connectivity index (χ1) is 5.39. The molecule has 0 aliphatic heterocycles. The third kappa shape index (κ3) is 108. The van der Waals surface area contributed by atoms with Gasteiger partial charge in [-0.15, -0.1) is 0 Å². The molecule has 1 nitrogen and oxygen atoms in total. The van der Waals surface area contributed by atoms with E-state index in [-0.39, 0.29) is 6.67 Å². The van der Waals surface area contributed by atoms with Gasteiger partial charge in [-0.3, -0.25) is 4.39 Å². The summed E-state index contributed by atoms with van der Waals surface area (Å²) < 4.78 is 61.7. The maximum Gasteiger partial charge on any atom is 0.416 e. The molecular weight excluding hydrogens is 190 g/mol. The summed E-state index contributed by atoms with van der Waals surface area (Å²) in [4.78, 5) is 2.75. The van der Waals surface area contributed by atoms with Crippen molar-refractivity contribution in [2.45, 2.75) is 13.1 Å². The van der Waals surface area contributed by atoms with Gasteiger partial charge in [0.2, 0.25) is 0 Å². The van der Waals surface area contributed by atoms with Crippen LogP contribution in [-0.2, 0) is 4.94 Å². The van der Waals surface area contributed by atoms with Crippen LogP contribution in [0.1, 0.15) is 6.92 Å². The third-order valence-electron chi connectivity index (χ3n) is 0.152. The molecule has 7 heteroatoms. The lowest BCUT2D eigenvalue weighted by molar-refractivity contribution is -0.142. The zero-order valence-electron chi connectivity index (χ0n) is 6.59. The van der Waals surface area contributed by atoms with Gasteiger partial charge in [0.15, 0.2) is 6.67 Å². The SMILES string of the molecule is CCF.COF.FCC(F)(F)F. The number of hydrogen-bond donors (Lipinski definition) is 0. The van der Waals surface area contributed by atoms with Crippen molar-refractivity contribution in [1.82, 2.24) is 0 Å². The topological polar surface area (TPSA) is 9.23 Å². The van der Waals surface area contributed by atoms with Crippen LogP contribution in [0.4, 0.5) is 26.5 Å². The Kier molecular flexibility index (Phi) is 19.3. The van der Waals surface area contributed by atoms with Crippen molar-refractivity contribution >= 4 is 0 Å². The van der Waals surface area contributed by atoms with Gasteiger partial charge in [-0.05, 0) is 11.4 Å². The lowest BCUT2D eigenvalue weighted by Gasteiger charge is -1.93. The molecule has 0 atom stereocenters. The van der Waals surface area contributed by atoms with Crippen molar-refractivity contribution in [2.24, 2.45) is 0 Å². The van der Waals surface area contributed by atoms with E-state index in [1.165, 1.54) is 6.92 Å². The smallest absolute Gasteiger partial charge is 0.251 e. The Hall–Kier alpha value is -0.460. The maximum absolute atomic E-state index is 10.4. The highest BCUT2D eigenvalue weighted by Gasteiger charge is 2.26. The first-order valence-electron chi connectivity index (χ1n) is 2.72. The first-order valence-corrected chi connectivity index (χ1v) is 2.72. The third-order valence-corrected chi connectivity index (χ3v) is 0.152. The minimum Gasteiger partial charge on any atom is -0.251 e. The highest BCUT2D eigenvalue weighted by atomic mass is 19.4. The van der Waals surface area contributed by atoms with Gasteiger partial charge < -0.3 is 0 Å². The maximum atomic E-state index is 10.4. The normalized spacial score (nSPS) is 9.00. The summed E-state index contributed by atoms with van der Waals surface area (Å²) in [6.45, 7) is -1.02. The molecule has 78 valence electrons. The molecule has 0 aromatic heterocycles. The van der Waals surface area contributed by atoms with Gasteiger partial charge in [-0.25, -0.2) is 4.39 Å². The van der Waals surface area contributed by atoms with E-state index in [2.05, 4.69) is 4.94 Å². The van der Waals surface area contributed by atoms with Crippen molar-refractivity contribution in [3.8, 4) is 0 Å². The molecule has 0 bridgehead atoms. The number of alkyl halides is 5. The van der Waals surface area contributed by atoms with E-state index >= 15 is 0 Å². The molecule has 0 saturated heterocycles. The van der Waals surface area contributed by atoms with Gasteiger partial charge in [-0.1, -0.05) is 0 Å². The van der Waals surface area contributed by atoms with Crippen LogP contribution in [0.2, 0.25) is 0 Å². The summed E-state index contributed by atoms with van der Waals surface area (Å²) >= 11 is 0. The van der Waals surface area contributed by atoms with E-state index in [0.29, 0.717) is 0 Å². The Morgan fingerprint density at radius 2 is 1.25 bits per heavy atom. The van der Waals surface area contributed by atoms with Crippen molar-refractivity contribution in [3.63, 3.8) is 0 Å². The molecule has 0 radical (unpaired) electrons. The predicted molar refractivity (Wildman–Crippen MR) is 31.8 cm³/mol. The van der Waals surface area contributed by atoms with Gasteiger partial charge in [0, 0.05) is 0 Å². The van der Waals surface area contributed by atoms with Crippen LogP contribution in [0, 0.1) is 0 Å². The second kappa shape index (κ2) is 13.2. The number of hydrogen-bond acceptors (Lipinski definition) is 1. The minimum absolute atomic E-state index is 0.250. The molecular formula is C5H10F6O. The summed E-state index contributed by atoms with van der Waals surface area (Å²) in [5.41, 5.74) is 0. The molecule has 0 aromatic carbocycles. The molecule has 0 unspecified atom stereocenters. The van der Waals surface area contributed by atoms with Crippen LogP contribution in [0.15, 0.2) is 0 Å². The zero-order valence-corrected chi connectivity index (χ0v) is 6.59. The van der Waals surface area contributed by atoms with Crippen LogP contribution < -0.4 is 0 Å². The molecule has 0 spiro atoms. The summed E-state index contributed by atoms with van der Waals surface area (Å²) in [7, 11) is 0.958. The summed E-state index contributed by atoms with van der Waals surface area (Å²) in [5, 5.41) is 0. The average molecular weight is 200 g/mol. The molecule has 0 amide bonds. The largest absolute Gasteiger partial charge is 0.416 e. The fraction of sp³-hybridized carbons (Fsp3) is 1.00. The zero-order chi connectivity index (χ0) is 10.6. The summed E-state index contributed by atoms with van der Waals surface area (Å²) in [5.74, 6) is 0. The Balaban J connectivity index is -0.000000115. The molecule has 0 aliphatic carbocycles. The van der Waals surface area contributed by atoms with Crippen LogP contribution in [0.25, 0.3) is 0 Å². The van der Waals surface area contributed by atoms with Gasteiger partial charge in [0.1, 0.15) is 0 Å². The number of rotatable bonds is 0. The average Bonchev–Trinajstić information content (AvgIpc) is 1.90. The van der Waals surface area contributed by atoms with Gasteiger partial charge >= 0.3 is 6.18 Å². The van der Waals surface area contributed by atoms with Crippen molar-refractivity contribution in [1.29, 1.82) is 0 Å². The highest BCUT2D eigenvalue weighted by molar-refractivity contribution is 4.39. The van der Waals surface area contributed by atoms with E-state index in [1.807, 2.05) is 0 Å². The van der Waals surface area contributed by atoms with Crippen LogP contribution in [0.5, 0.6) is 0 Å². The van der Waals surface area contributed by atoms with E-state index in [1.54, 1.807) is 0 Å². The molecule has 0 rings (SSSR count). The second-order valence-corrected chi connectivity index (χ2v) is 1.17. The van der Waals surface area contributed by atoms with E-state index in [4.69, 9.17) is 0 Å². The van der Waals surface area contributed by atoms with Crippen molar-refractivity contribution < 1.29 is 31.4 Å². The Bertz CT molecular complexity index is 61.4. The molecule has 0 aliphatic rings. The quantitative estimate of drug-likeness (QED) is 0.546. The fourth-order valence-electron chi connectivity index (χ4n) is 0. The summed E-state index contributed by atoms with van der Waals surface area (Å²) in [6.07, 6.45) is -4.62. The lowest BCUT2D eigenvalue weighted by atomic mass is 10.8. The molecule has 0 N–H and O–H groups in total. The lowest BCUT2D eigenvalue weighted by Crippen LogP contribution is -2.08. The highest BCUT2D eigenvalue weighted by Crippen LogP contribution is 2.13. The van der Waals surface area contributed by atoms with Gasteiger partial charge in [-0.2, -0.15) is 18.1 Å². The van der Waals surface area contributed by atoms with E-state index < -0.39 is 12.9 Å². The van der Waals surface area contributed by atoms with E-state index in [0.717, 1.165) is 7.11 Å². The monoisotopic (exact) mass is 200 g/mol. The van der Waals surface area contributed by atoms with Crippen molar-refractivity contribution in [2.75, 3.05) is 20.5 Å². The second-order valence-electron chi connectivity index (χ2n) is 1.17.